The van der Waals surface area contributed by atoms with Gasteiger partial charge in [0, 0.05) is 0 Å². The quantitative estimate of drug-likeness (QED) is 0.226. The smallest absolute Gasteiger partial charge is 0.0619 e. The van der Waals surface area contributed by atoms with E-state index in [4.69, 9.17) is 0 Å². The van der Waals surface area contributed by atoms with Crippen molar-refractivity contribution in [2.24, 2.45) is 0 Å². The molecule has 0 saturated carbocycles. The Morgan fingerprint density at radius 3 is 1.71 bits per heavy atom. The molecule has 0 bridgehead atoms. The van der Waals surface area contributed by atoms with E-state index in [0.29, 0.717) is 0 Å². The second-order valence-electron chi connectivity index (χ2n) is 9.76. The number of benzene rings is 6. The van der Waals surface area contributed by atoms with Crippen LogP contribution in [0.3, 0.4) is 0 Å². The normalized spacial score (nSPS) is 14.3. The topological polar surface area (TPSA) is 0 Å². The van der Waals surface area contributed by atoms with Gasteiger partial charge in [-0.2, -0.15) is 0 Å². The molecule has 1 spiro atoms. The van der Waals surface area contributed by atoms with Gasteiger partial charge in [0.25, 0.3) is 0 Å². The minimum Gasteiger partial charge on any atom is -0.0619 e. The van der Waals surface area contributed by atoms with Crippen LogP contribution in [0.1, 0.15) is 27.8 Å². The van der Waals surface area contributed by atoms with Crippen molar-refractivity contribution < 1.29 is 0 Å². The molecule has 2 aliphatic carbocycles. The zero-order valence-corrected chi connectivity index (χ0v) is 19.0. The molecule has 0 N–H and O–H groups in total. The molecule has 0 fully saturated rings. The van der Waals surface area contributed by atoms with Crippen molar-refractivity contribution in [3.63, 3.8) is 0 Å². The lowest BCUT2D eigenvalue weighted by atomic mass is 9.68. The Bertz CT molecular complexity index is 1770. The van der Waals surface area contributed by atoms with Crippen LogP contribution in [0.5, 0.6) is 0 Å². The summed E-state index contributed by atoms with van der Waals surface area (Å²) in [7, 11) is 0. The minimum atomic E-state index is -0.326. The molecule has 158 valence electrons. The molecule has 8 rings (SSSR count). The second kappa shape index (κ2) is 6.24. The Kier molecular flexibility index (Phi) is 3.36. The molecule has 6 aromatic rings. The van der Waals surface area contributed by atoms with Crippen LogP contribution in [0, 0.1) is 6.92 Å². The molecule has 0 atom stereocenters. The third kappa shape index (κ3) is 2.01. The van der Waals surface area contributed by atoms with E-state index >= 15 is 0 Å². The fraction of sp³-hybridized carbons (Fsp3) is 0.0588. The van der Waals surface area contributed by atoms with E-state index in [1.165, 1.54) is 71.6 Å². The molecular weight excluding hydrogens is 408 g/mol. The zero-order chi connectivity index (χ0) is 22.4. The highest BCUT2D eigenvalue weighted by molar-refractivity contribution is 6.08. The maximum atomic E-state index is 2.36. The van der Waals surface area contributed by atoms with Crippen molar-refractivity contribution in [3.05, 3.63) is 143 Å². The van der Waals surface area contributed by atoms with Crippen LogP contribution in [0.2, 0.25) is 0 Å². The van der Waals surface area contributed by atoms with Gasteiger partial charge in [-0.15, -0.1) is 0 Å². The molecule has 0 heterocycles. The van der Waals surface area contributed by atoms with E-state index in [9.17, 15) is 0 Å². The van der Waals surface area contributed by atoms with Crippen LogP contribution in [-0.4, -0.2) is 0 Å². The molecule has 0 radical (unpaired) electrons. The van der Waals surface area contributed by atoms with Crippen LogP contribution in [0.15, 0.2) is 115 Å². The SMILES string of the molecule is Cc1ccc2c3c(ccc2c1)-c1ccc2ccccc2c1C31c2ccccc2-c2ccccc21. The van der Waals surface area contributed by atoms with Crippen LogP contribution in [0.4, 0.5) is 0 Å². The van der Waals surface area contributed by atoms with Crippen LogP contribution in [-0.2, 0) is 5.41 Å². The molecule has 2 aliphatic rings. The summed E-state index contributed by atoms with van der Waals surface area (Å²) in [4.78, 5) is 0. The summed E-state index contributed by atoms with van der Waals surface area (Å²) in [5, 5.41) is 5.32. The highest BCUT2D eigenvalue weighted by Crippen LogP contribution is 2.65. The van der Waals surface area contributed by atoms with Gasteiger partial charge in [0.05, 0.1) is 5.41 Å². The Morgan fingerprint density at radius 2 is 1.00 bits per heavy atom. The first-order valence-corrected chi connectivity index (χ1v) is 12.0. The first-order valence-electron chi connectivity index (χ1n) is 12.0. The van der Waals surface area contributed by atoms with Crippen molar-refractivity contribution in [3.8, 4) is 22.3 Å². The summed E-state index contributed by atoms with van der Waals surface area (Å²) < 4.78 is 0. The second-order valence-corrected chi connectivity index (χ2v) is 9.76. The number of rotatable bonds is 0. The van der Waals surface area contributed by atoms with E-state index in [1.54, 1.807) is 0 Å². The van der Waals surface area contributed by atoms with Gasteiger partial charge in [0.15, 0.2) is 0 Å². The summed E-state index contributed by atoms with van der Waals surface area (Å²) in [6.45, 7) is 2.19. The molecule has 0 nitrogen and oxygen atoms in total. The molecule has 34 heavy (non-hydrogen) atoms. The number of fused-ring (bicyclic) bond motifs is 14. The molecule has 6 aromatic carbocycles. The van der Waals surface area contributed by atoms with Gasteiger partial charge in [-0.05, 0) is 73.0 Å². The van der Waals surface area contributed by atoms with Crippen LogP contribution >= 0.6 is 0 Å². The first-order chi connectivity index (χ1) is 16.8. The Balaban J connectivity index is 1.69. The fourth-order valence-electron chi connectivity index (χ4n) is 6.88. The van der Waals surface area contributed by atoms with E-state index in [-0.39, 0.29) is 5.41 Å². The van der Waals surface area contributed by atoms with Crippen molar-refractivity contribution in [2.45, 2.75) is 12.3 Å². The number of hydrogen-bond donors (Lipinski definition) is 0. The van der Waals surface area contributed by atoms with Crippen molar-refractivity contribution in [1.82, 2.24) is 0 Å². The largest absolute Gasteiger partial charge is 0.0737 e. The standard InChI is InChI=1S/C34H22/c1-21-14-17-25-23(20-21)16-19-29-28-18-15-22-8-2-3-9-24(22)32(28)34(33(25)29)30-12-6-4-10-26(30)27-11-5-7-13-31(27)34/h2-20H,1H3. The lowest BCUT2D eigenvalue weighted by Crippen LogP contribution is -2.26. The Labute approximate surface area is 199 Å². The molecule has 0 amide bonds. The van der Waals surface area contributed by atoms with Crippen molar-refractivity contribution in [1.29, 1.82) is 0 Å². The summed E-state index contributed by atoms with van der Waals surface area (Å²) >= 11 is 0. The number of hydrogen-bond acceptors (Lipinski definition) is 0. The molecule has 0 aromatic heterocycles. The van der Waals surface area contributed by atoms with Gasteiger partial charge in [-0.3, -0.25) is 0 Å². The molecule has 0 heteroatoms. The number of aryl methyl sites for hydroxylation is 1. The van der Waals surface area contributed by atoms with Gasteiger partial charge >= 0.3 is 0 Å². The van der Waals surface area contributed by atoms with Crippen molar-refractivity contribution in [2.75, 3.05) is 0 Å². The third-order valence-electron chi connectivity index (χ3n) is 8.10. The highest BCUT2D eigenvalue weighted by Gasteiger charge is 2.53. The van der Waals surface area contributed by atoms with E-state index in [0.717, 1.165) is 0 Å². The molecule has 0 aliphatic heterocycles. The predicted molar refractivity (Wildman–Crippen MR) is 142 cm³/mol. The van der Waals surface area contributed by atoms with Gasteiger partial charge in [0.2, 0.25) is 0 Å². The average Bonchev–Trinajstić information content (AvgIpc) is 3.36. The monoisotopic (exact) mass is 430 g/mol. The Hall–Kier alpha value is -4.16. The van der Waals surface area contributed by atoms with Gasteiger partial charge in [0.1, 0.15) is 0 Å². The van der Waals surface area contributed by atoms with Crippen LogP contribution < -0.4 is 0 Å². The average molecular weight is 431 g/mol. The molecule has 0 unspecified atom stereocenters. The third-order valence-corrected chi connectivity index (χ3v) is 8.10. The van der Waals surface area contributed by atoms with Crippen molar-refractivity contribution >= 4 is 21.5 Å². The van der Waals surface area contributed by atoms with E-state index in [1.807, 2.05) is 0 Å². The zero-order valence-electron chi connectivity index (χ0n) is 19.0. The van der Waals surface area contributed by atoms with Gasteiger partial charge < -0.3 is 0 Å². The van der Waals surface area contributed by atoms with Crippen LogP contribution in [0.25, 0.3) is 43.8 Å². The van der Waals surface area contributed by atoms with E-state index < -0.39 is 0 Å². The highest BCUT2D eigenvalue weighted by atomic mass is 14.5. The first kappa shape index (κ1) is 18.3. The Morgan fingerprint density at radius 1 is 0.441 bits per heavy atom. The summed E-state index contributed by atoms with van der Waals surface area (Å²) in [5.74, 6) is 0. The predicted octanol–water partition coefficient (Wildman–Crippen LogP) is 8.64. The summed E-state index contributed by atoms with van der Waals surface area (Å²) in [6, 6.07) is 43.3. The fourth-order valence-corrected chi connectivity index (χ4v) is 6.88. The lowest BCUT2D eigenvalue weighted by molar-refractivity contribution is 0.809. The molecule has 0 saturated heterocycles. The maximum absolute atomic E-state index is 2.36. The van der Waals surface area contributed by atoms with E-state index in [2.05, 4.69) is 122 Å². The summed E-state index contributed by atoms with van der Waals surface area (Å²) in [6.07, 6.45) is 0. The van der Waals surface area contributed by atoms with Gasteiger partial charge in [-0.25, -0.2) is 0 Å². The maximum Gasteiger partial charge on any atom is 0.0737 e. The lowest BCUT2D eigenvalue weighted by Gasteiger charge is -2.32. The van der Waals surface area contributed by atoms with Gasteiger partial charge in [-0.1, -0.05) is 121 Å². The molecular formula is C34H22. The summed E-state index contributed by atoms with van der Waals surface area (Å²) in [5.41, 5.74) is 12.1. The minimum absolute atomic E-state index is 0.326.